The van der Waals surface area contributed by atoms with E-state index in [0.29, 0.717) is 30.2 Å². The van der Waals surface area contributed by atoms with Crippen LogP contribution in [0, 0.1) is 6.92 Å². The van der Waals surface area contributed by atoms with Gasteiger partial charge in [0.05, 0.1) is 11.3 Å². The second-order valence-corrected chi connectivity index (χ2v) is 6.94. The molecule has 136 valence electrons. The minimum Gasteiger partial charge on any atom is -0.336 e. The van der Waals surface area contributed by atoms with Crippen LogP contribution in [0.5, 0.6) is 0 Å². The molecule has 0 spiro atoms. The van der Waals surface area contributed by atoms with Crippen LogP contribution in [0.2, 0.25) is 0 Å². The number of carbonyl (C=O) groups excluding carboxylic acids is 1. The Labute approximate surface area is 158 Å². The first-order chi connectivity index (χ1) is 13.1. The summed E-state index contributed by atoms with van der Waals surface area (Å²) in [7, 11) is 0. The molecule has 2 aromatic carbocycles. The van der Waals surface area contributed by atoms with Gasteiger partial charge in [0.1, 0.15) is 5.82 Å². The Kier molecular flexibility index (Phi) is 4.69. The molecule has 5 nitrogen and oxygen atoms in total. The molecule has 0 bridgehead atoms. The Balaban J connectivity index is 1.64. The Morgan fingerprint density at radius 3 is 2.41 bits per heavy atom. The second-order valence-electron chi connectivity index (χ2n) is 6.94. The number of likely N-dealkylation sites (tertiary alicyclic amines) is 1. The van der Waals surface area contributed by atoms with Crippen molar-refractivity contribution < 1.29 is 4.79 Å². The fraction of sp³-hybridized carbons (Fsp3) is 0.227. The summed E-state index contributed by atoms with van der Waals surface area (Å²) in [6, 6.07) is 19.8. The molecule has 0 aliphatic carbocycles. The number of nitrogens with zero attached hydrogens (tertiary/aromatic N) is 3. The maximum atomic E-state index is 13.3. The molecule has 3 aromatic rings. The SMILES string of the molecule is Cc1ncc(C(=O)N2C[C@H](c3ccccc3)[C@@H](N)C2)c(-c2ccccc2)n1. The van der Waals surface area contributed by atoms with E-state index in [1.807, 2.05) is 60.4 Å². The van der Waals surface area contributed by atoms with E-state index in [0.717, 1.165) is 5.56 Å². The van der Waals surface area contributed by atoms with Gasteiger partial charge in [-0.15, -0.1) is 0 Å². The number of hydrogen-bond donors (Lipinski definition) is 1. The summed E-state index contributed by atoms with van der Waals surface area (Å²) < 4.78 is 0. The normalized spacial score (nSPS) is 19.3. The van der Waals surface area contributed by atoms with Crippen molar-refractivity contribution in [2.45, 2.75) is 18.9 Å². The highest BCUT2D eigenvalue weighted by atomic mass is 16.2. The molecule has 5 heteroatoms. The molecule has 2 heterocycles. The van der Waals surface area contributed by atoms with E-state index in [4.69, 9.17) is 5.73 Å². The zero-order valence-corrected chi connectivity index (χ0v) is 15.2. The van der Waals surface area contributed by atoms with E-state index in [1.165, 1.54) is 5.56 Å². The van der Waals surface area contributed by atoms with Crippen LogP contribution in [0.15, 0.2) is 66.9 Å². The predicted molar refractivity (Wildman–Crippen MR) is 105 cm³/mol. The van der Waals surface area contributed by atoms with Gasteiger partial charge in [0.2, 0.25) is 0 Å². The van der Waals surface area contributed by atoms with Crippen LogP contribution in [-0.2, 0) is 0 Å². The van der Waals surface area contributed by atoms with E-state index in [9.17, 15) is 4.79 Å². The Morgan fingerprint density at radius 2 is 1.70 bits per heavy atom. The zero-order valence-electron chi connectivity index (χ0n) is 15.2. The third-order valence-corrected chi connectivity index (χ3v) is 5.07. The first-order valence-electron chi connectivity index (χ1n) is 9.12. The summed E-state index contributed by atoms with van der Waals surface area (Å²) >= 11 is 0. The fourth-order valence-corrected chi connectivity index (χ4v) is 3.66. The molecule has 1 amide bonds. The van der Waals surface area contributed by atoms with E-state index < -0.39 is 0 Å². The molecule has 0 saturated carbocycles. The zero-order chi connectivity index (χ0) is 18.8. The molecule has 0 radical (unpaired) electrons. The maximum absolute atomic E-state index is 13.3. The summed E-state index contributed by atoms with van der Waals surface area (Å²) in [5.74, 6) is 0.718. The maximum Gasteiger partial charge on any atom is 0.257 e. The Hall–Kier alpha value is -3.05. The van der Waals surface area contributed by atoms with Crippen LogP contribution in [0.3, 0.4) is 0 Å². The lowest BCUT2D eigenvalue weighted by Gasteiger charge is -2.18. The minimum atomic E-state index is -0.0807. The molecule has 1 saturated heterocycles. The lowest BCUT2D eigenvalue weighted by atomic mass is 9.95. The van der Waals surface area contributed by atoms with E-state index in [-0.39, 0.29) is 17.9 Å². The highest BCUT2D eigenvalue weighted by Crippen LogP contribution is 2.29. The Morgan fingerprint density at radius 1 is 1.04 bits per heavy atom. The average molecular weight is 358 g/mol. The highest BCUT2D eigenvalue weighted by molar-refractivity contribution is 5.99. The molecular formula is C22H22N4O. The Bertz CT molecular complexity index is 943. The smallest absolute Gasteiger partial charge is 0.257 e. The van der Waals surface area contributed by atoms with Crippen molar-refractivity contribution in [2.24, 2.45) is 5.73 Å². The van der Waals surface area contributed by atoms with Crippen molar-refractivity contribution in [3.63, 3.8) is 0 Å². The van der Waals surface area contributed by atoms with Gasteiger partial charge >= 0.3 is 0 Å². The molecule has 1 fully saturated rings. The van der Waals surface area contributed by atoms with Crippen molar-refractivity contribution in [1.82, 2.24) is 14.9 Å². The molecule has 1 aliphatic heterocycles. The number of aromatic nitrogens is 2. The largest absolute Gasteiger partial charge is 0.336 e. The molecule has 2 N–H and O–H groups in total. The van der Waals surface area contributed by atoms with E-state index >= 15 is 0 Å². The highest BCUT2D eigenvalue weighted by Gasteiger charge is 2.35. The van der Waals surface area contributed by atoms with Gasteiger partial charge in [-0.1, -0.05) is 60.7 Å². The van der Waals surface area contributed by atoms with Crippen LogP contribution in [0.1, 0.15) is 27.7 Å². The summed E-state index contributed by atoms with van der Waals surface area (Å²) in [5, 5.41) is 0. The van der Waals surface area contributed by atoms with Crippen molar-refractivity contribution >= 4 is 5.91 Å². The third-order valence-electron chi connectivity index (χ3n) is 5.07. The molecule has 4 rings (SSSR count). The molecule has 27 heavy (non-hydrogen) atoms. The molecule has 0 unspecified atom stereocenters. The van der Waals surface area contributed by atoms with Crippen molar-refractivity contribution in [3.05, 3.63) is 83.8 Å². The topological polar surface area (TPSA) is 72.1 Å². The summed E-state index contributed by atoms with van der Waals surface area (Å²) in [6.07, 6.45) is 1.63. The number of aryl methyl sites for hydroxylation is 1. The van der Waals surface area contributed by atoms with Gasteiger partial charge in [-0.3, -0.25) is 4.79 Å². The van der Waals surface area contributed by atoms with Crippen molar-refractivity contribution in [1.29, 1.82) is 0 Å². The predicted octanol–water partition coefficient (Wildman–Crippen LogP) is 3.02. The summed E-state index contributed by atoms with van der Waals surface area (Å²) in [5.41, 5.74) is 9.64. The summed E-state index contributed by atoms with van der Waals surface area (Å²) in [6.45, 7) is 2.96. The number of amides is 1. The lowest BCUT2D eigenvalue weighted by molar-refractivity contribution is 0.0789. The monoisotopic (exact) mass is 358 g/mol. The van der Waals surface area contributed by atoms with E-state index in [2.05, 4.69) is 22.1 Å². The minimum absolute atomic E-state index is 0.0669. The number of benzene rings is 2. The first kappa shape index (κ1) is 17.4. The van der Waals surface area contributed by atoms with Gasteiger partial charge in [-0.2, -0.15) is 0 Å². The number of nitrogens with two attached hydrogens (primary N) is 1. The van der Waals surface area contributed by atoms with Crippen molar-refractivity contribution in [2.75, 3.05) is 13.1 Å². The van der Waals surface area contributed by atoms with Crippen LogP contribution in [-0.4, -0.2) is 39.9 Å². The summed E-state index contributed by atoms with van der Waals surface area (Å²) in [4.78, 5) is 23.9. The average Bonchev–Trinajstić information content (AvgIpc) is 3.10. The standard InChI is InChI=1S/C22H22N4O/c1-15-24-12-18(21(25-15)17-10-6-3-7-11-17)22(27)26-13-19(20(23)14-26)16-8-4-2-5-9-16/h2-12,19-20H,13-14,23H2,1H3/t19-,20+/m1/s1. The number of carbonyl (C=O) groups is 1. The van der Waals surface area contributed by atoms with Gasteiger partial charge in [-0.25, -0.2) is 9.97 Å². The molecule has 1 aromatic heterocycles. The quantitative estimate of drug-likeness (QED) is 0.781. The van der Waals surface area contributed by atoms with Gasteiger partial charge < -0.3 is 10.6 Å². The van der Waals surface area contributed by atoms with Crippen molar-refractivity contribution in [3.8, 4) is 11.3 Å². The third kappa shape index (κ3) is 3.46. The molecule has 2 atom stereocenters. The van der Waals surface area contributed by atoms with Gasteiger partial charge in [-0.05, 0) is 12.5 Å². The molecule has 1 aliphatic rings. The fourth-order valence-electron chi connectivity index (χ4n) is 3.66. The van der Waals surface area contributed by atoms with Gasteiger partial charge in [0.15, 0.2) is 0 Å². The first-order valence-corrected chi connectivity index (χ1v) is 9.12. The lowest BCUT2D eigenvalue weighted by Crippen LogP contribution is -2.32. The van der Waals surface area contributed by atoms with E-state index in [1.54, 1.807) is 6.20 Å². The number of hydrogen-bond acceptors (Lipinski definition) is 4. The molecular weight excluding hydrogens is 336 g/mol. The van der Waals surface area contributed by atoms with Crippen LogP contribution in [0.25, 0.3) is 11.3 Å². The van der Waals surface area contributed by atoms with Gasteiger partial charge in [0.25, 0.3) is 5.91 Å². The van der Waals surface area contributed by atoms with Crippen LogP contribution in [0.4, 0.5) is 0 Å². The van der Waals surface area contributed by atoms with Crippen LogP contribution >= 0.6 is 0 Å². The second kappa shape index (κ2) is 7.29. The number of rotatable bonds is 3. The van der Waals surface area contributed by atoms with Gasteiger partial charge in [0, 0.05) is 36.8 Å². The van der Waals surface area contributed by atoms with Crippen LogP contribution < -0.4 is 5.73 Å².